The minimum atomic E-state index is 0.452. The Morgan fingerprint density at radius 1 is 1.29 bits per heavy atom. The number of rotatable bonds is 9. The first-order valence-electron chi connectivity index (χ1n) is 8.25. The van der Waals surface area contributed by atoms with Crippen LogP contribution in [0.3, 0.4) is 0 Å². The highest BCUT2D eigenvalue weighted by Gasteiger charge is 2.19. The zero-order chi connectivity index (χ0) is 15.5. The average Bonchev–Trinajstić information content (AvgIpc) is 2.52. The van der Waals surface area contributed by atoms with Gasteiger partial charge in [0, 0.05) is 52.0 Å². The lowest BCUT2D eigenvalue weighted by Gasteiger charge is -2.37. The first-order valence-corrected chi connectivity index (χ1v) is 8.25. The second kappa shape index (κ2) is 10.8. The SMILES string of the molecule is CCOCCCNC(N)=NCC(C)N1CCN(CC)CC1. The first-order chi connectivity index (χ1) is 10.2. The molecule has 21 heavy (non-hydrogen) atoms. The maximum Gasteiger partial charge on any atom is 0.188 e. The third-order valence-electron chi connectivity index (χ3n) is 3.98. The molecule has 1 fully saturated rings. The van der Waals surface area contributed by atoms with Crippen LogP contribution in [0.15, 0.2) is 4.99 Å². The van der Waals surface area contributed by atoms with Gasteiger partial charge in [-0.25, -0.2) is 0 Å². The van der Waals surface area contributed by atoms with E-state index in [1.54, 1.807) is 0 Å². The van der Waals surface area contributed by atoms with E-state index in [2.05, 4.69) is 34.0 Å². The molecule has 1 aliphatic heterocycles. The van der Waals surface area contributed by atoms with Gasteiger partial charge in [0.1, 0.15) is 0 Å². The van der Waals surface area contributed by atoms with Gasteiger partial charge in [0.25, 0.3) is 0 Å². The van der Waals surface area contributed by atoms with Crippen LogP contribution in [0.4, 0.5) is 0 Å². The van der Waals surface area contributed by atoms with E-state index in [1.807, 2.05) is 6.92 Å². The van der Waals surface area contributed by atoms with Gasteiger partial charge in [-0.2, -0.15) is 0 Å². The van der Waals surface area contributed by atoms with Crippen LogP contribution in [0.1, 0.15) is 27.2 Å². The van der Waals surface area contributed by atoms with Crippen molar-refractivity contribution < 1.29 is 4.74 Å². The molecular formula is C15H33N5O. The van der Waals surface area contributed by atoms with E-state index in [0.717, 1.165) is 65.4 Å². The summed E-state index contributed by atoms with van der Waals surface area (Å²) in [6.07, 6.45) is 0.957. The van der Waals surface area contributed by atoms with Gasteiger partial charge in [0.05, 0.1) is 6.54 Å². The quantitative estimate of drug-likeness (QED) is 0.365. The van der Waals surface area contributed by atoms with Crippen LogP contribution in [0, 0.1) is 0 Å². The number of nitrogens with zero attached hydrogens (tertiary/aromatic N) is 3. The third-order valence-corrected chi connectivity index (χ3v) is 3.98. The van der Waals surface area contributed by atoms with Crippen LogP contribution in [-0.2, 0) is 4.74 Å². The van der Waals surface area contributed by atoms with E-state index < -0.39 is 0 Å². The molecule has 0 aromatic carbocycles. The van der Waals surface area contributed by atoms with Crippen LogP contribution < -0.4 is 11.1 Å². The molecule has 0 aromatic rings. The molecule has 0 bridgehead atoms. The van der Waals surface area contributed by atoms with Gasteiger partial charge >= 0.3 is 0 Å². The molecule has 1 atom stereocenters. The Hall–Kier alpha value is -0.850. The summed E-state index contributed by atoms with van der Waals surface area (Å²) in [5, 5.41) is 3.14. The van der Waals surface area contributed by atoms with Crippen molar-refractivity contribution in [2.24, 2.45) is 10.7 Å². The van der Waals surface area contributed by atoms with Gasteiger partial charge in [-0.3, -0.25) is 9.89 Å². The summed E-state index contributed by atoms with van der Waals surface area (Å²) >= 11 is 0. The molecule has 124 valence electrons. The van der Waals surface area contributed by atoms with E-state index in [0.29, 0.717) is 12.0 Å². The molecule has 1 saturated heterocycles. The summed E-state index contributed by atoms with van der Waals surface area (Å²) in [6.45, 7) is 15.3. The highest BCUT2D eigenvalue weighted by molar-refractivity contribution is 5.77. The third kappa shape index (κ3) is 7.64. The maximum absolute atomic E-state index is 5.88. The molecule has 0 aromatic heterocycles. The Balaban J connectivity index is 2.15. The van der Waals surface area contributed by atoms with E-state index >= 15 is 0 Å². The van der Waals surface area contributed by atoms with Crippen molar-refractivity contribution in [2.75, 3.05) is 59.0 Å². The predicted molar refractivity (Wildman–Crippen MR) is 88.8 cm³/mol. The molecule has 1 rings (SSSR count). The molecule has 1 unspecified atom stereocenters. The van der Waals surface area contributed by atoms with Crippen molar-refractivity contribution in [3.05, 3.63) is 0 Å². The highest BCUT2D eigenvalue weighted by atomic mass is 16.5. The number of guanidine groups is 1. The Kier molecular flexibility index (Phi) is 9.37. The summed E-state index contributed by atoms with van der Waals surface area (Å²) in [6, 6.07) is 0.452. The maximum atomic E-state index is 5.88. The van der Waals surface area contributed by atoms with Crippen molar-refractivity contribution in [1.82, 2.24) is 15.1 Å². The van der Waals surface area contributed by atoms with Crippen molar-refractivity contribution in [1.29, 1.82) is 0 Å². The lowest BCUT2D eigenvalue weighted by Crippen LogP contribution is -2.50. The van der Waals surface area contributed by atoms with Gasteiger partial charge in [-0.15, -0.1) is 0 Å². The minimum absolute atomic E-state index is 0.452. The zero-order valence-electron chi connectivity index (χ0n) is 14.0. The van der Waals surface area contributed by atoms with Crippen molar-refractivity contribution >= 4 is 5.96 Å². The van der Waals surface area contributed by atoms with Gasteiger partial charge in [-0.1, -0.05) is 6.92 Å². The Morgan fingerprint density at radius 3 is 2.62 bits per heavy atom. The molecule has 1 aliphatic rings. The summed E-state index contributed by atoms with van der Waals surface area (Å²) in [5.41, 5.74) is 5.88. The summed E-state index contributed by atoms with van der Waals surface area (Å²) < 4.78 is 5.28. The van der Waals surface area contributed by atoms with E-state index in [-0.39, 0.29) is 0 Å². The fraction of sp³-hybridized carbons (Fsp3) is 0.933. The second-order valence-corrected chi connectivity index (χ2v) is 5.52. The molecule has 0 aliphatic carbocycles. The molecule has 0 spiro atoms. The monoisotopic (exact) mass is 299 g/mol. The summed E-state index contributed by atoms with van der Waals surface area (Å²) in [4.78, 5) is 9.43. The van der Waals surface area contributed by atoms with Gasteiger partial charge < -0.3 is 20.7 Å². The molecule has 3 N–H and O–H groups in total. The topological polar surface area (TPSA) is 66.1 Å². The Labute approximate surface area is 129 Å². The fourth-order valence-electron chi connectivity index (χ4n) is 2.46. The molecule has 0 saturated carbocycles. The van der Waals surface area contributed by atoms with Crippen molar-refractivity contribution in [3.8, 4) is 0 Å². The van der Waals surface area contributed by atoms with Crippen LogP contribution in [0.2, 0.25) is 0 Å². The summed E-state index contributed by atoms with van der Waals surface area (Å²) in [5.74, 6) is 0.547. The lowest BCUT2D eigenvalue weighted by molar-refractivity contribution is 0.109. The van der Waals surface area contributed by atoms with Crippen molar-refractivity contribution in [3.63, 3.8) is 0 Å². The first kappa shape index (κ1) is 18.2. The molecule has 6 heteroatoms. The lowest BCUT2D eigenvalue weighted by atomic mass is 10.2. The number of nitrogens with two attached hydrogens (primary N) is 1. The fourth-order valence-corrected chi connectivity index (χ4v) is 2.46. The largest absolute Gasteiger partial charge is 0.382 e. The number of likely N-dealkylation sites (N-methyl/N-ethyl adjacent to an activating group) is 1. The number of piperazine rings is 1. The average molecular weight is 299 g/mol. The Bertz CT molecular complexity index is 290. The smallest absolute Gasteiger partial charge is 0.188 e. The second-order valence-electron chi connectivity index (χ2n) is 5.52. The normalized spacial score (nSPS) is 19.7. The van der Waals surface area contributed by atoms with Crippen molar-refractivity contribution in [2.45, 2.75) is 33.2 Å². The van der Waals surface area contributed by atoms with E-state index in [1.165, 1.54) is 0 Å². The Morgan fingerprint density at radius 2 is 2.00 bits per heavy atom. The van der Waals surface area contributed by atoms with Crippen LogP contribution >= 0.6 is 0 Å². The molecular weight excluding hydrogens is 266 g/mol. The standard InChI is InChI=1S/C15H33N5O/c1-4-19-8-10-20(11-9-19)14(3)13-18-15(16)17-7-6-12-21-5-2/h14H,4-13H2,1-3H3,(H3,16,17,18). The number of hydrogen-bond acceptors (Lipinski definition) is 4. The highest BCUT2D eigenvalue weighted by Crippen LogP contribution is 2.06. The zero-order valence-corrected chi connectivity index (χ0v) is 14.0. The van der Waals surface area contributed by atoms with Crippen LogP contribution in [0.5, 0.6) is 0 Å². The predicted octanol–water partition coefficient (Wildman–Crippen LogP) is 0.343. The summed E-state index contributed by atoms with van der Waals surface area (Å²) in [7, 11) is 0. The van der Waals surface area contributed by atoms with Crippen LogP contribution in [-0.4, -0.2) is 80.8 Å². The molecule has 6 nitrogen and oxygen atoms in total. The molecule has 0 radical (unpaired) electrons. The number of aliphatic imine (C=N–C) groups is 1. The van der Waals surface area contributed by atoms with E-state index in [9.17, 15) is 0 Å². The number of nitrogens with one attached hydrogen (secondary N) is 1. The van der Waals surface area contributed by atoms with Gasteiger partial charge in [0.15, 0.2) is 5.96 Å². The number of ether oxygens (including phenoxy) is 1. The van der Waals surface area contributed by atoms with Gasteiger partial charge in [0.2, 0.25) is 0 Å². The molecule has 0 amide bonds. The van der Waals surface area contributed by atoms with E-state index in [4.69, 9.17) is 10.5 Å². The van der Waals surface area contributed by atoms with Crippen LogP contribution in [0.25, 0.3) is 0 Å². The molecule has 1 heterocycles. The number of hydrogen-bond donors (Lipinski definition) is 2. The van der Waals surface area contributed by atoms with Gasteiger partial charge in [-0.05, 0) is 26.8 Å². The minimum Gasteiger partial charge on any atom is -0.382 e.